The Balaban J connectivity index is 2.30. The number of benzene rings is 1. The van der Waals surface area contributed by atoms with Crippen LogP contribution in [0.4, 0.5) is 5.82 Å². The van der Waals surface area contributed by atoms with Crippen LogP contribution in [0.1, 0.15) is 0 Å². The lowest BCUT2D eigenvalue weighted by Crippen LogP contribution is -2.03. The number of hydrogen-bond acceptors (Lipinski definition) is 4. The van der Waals surface area contributed by atoms with Crippen molar-refractivity contribution in [1.29, 1.82) is 0 Å². The summed E-state index contributed by atoms with van der Waals surface area (Å²) in [6.07, 6.45) is 3.24. The minimum absolute atomic E-state index is 0.204. The standard InChI is InChI=1S/C14H12N6/c1-15-9-20-11-6-4-3-5-10(11)19-14(20)12-13(16-2)18-8-7-17-12/h3-8H,9H2,2H3,(H,16,18). The summed E-state index contributed by atoms with van der Waals surface area (Å²) < 4.78 is 1.85. The van der Waals surface area contributed by atoms with Crippen LogP contribution in [0.5, 0.6) is 0 Å². The van der Waals surface area contributed by atoms with Gasteiger partial charge in [0, 0.05) is 19.4 Å². The highest BCUT2D eigenvalue weighted by Gasteiger charge is 2.17. The van der Waals surface area contributed by atoms with Crippen molar-refractivity contribution in [1.82, 2.24) is 19.5 Å². The third-order valence-electron chi connectivity index (χ3n) is 3.01. The summed E-state index contributed by atoms with van der Waals surface area (Å²) in [5.74, 6) is 1.30. The predicted octanol–water partition coefficient (Wildman–Crippen LogP) is 2.41. The second-order valence-electron chi connectivity index (χ2n) is 4.16. The molecule has 6 nitrogen and oxygen atoms in total. The van der Waals surface area contributed by atoms with Gasteiger partial charge in [0.15, 0.2) is 11.6 Å². The SMILES string of the molecule is [C-]#[N+]Cn1c(-c2nccnc2NC)nc2ccccc21. The molecule has 3 aromatic rings. The Bertz CT molecular complexity index is 799. The average molecular weight is 264 g/mol. The van der Waals surface area contributed by atoms with Gasteiger partial charge in [0.2, 0.25) is 0 Å². The first-order valence-corrected chi connectivity index (χ1v) is 6.12. The zero-order chi connectivity index (χ0) is 13.9. The van der Waals surface area contributed by atoms with Crippen molar-refractivity contribution in [2.45, 2.75) is 6.67 Å². The van der Waals surface area contributed by atoms with E-state index in [0.29, 0.717) is 17.3 Å². The molecule has 0 saturated carbocycles. The highest BCUT2D eigenvalue weighted by Crippen LogP contribution is 2.27. The molecular weight excluding hydrogens is 252 g/mol. The minimum Gasteiger partial charge on any atom is -0.371 e. The summed E-state index contributed by atoms with van der Waals surface area (Å²) in [6, 6.07) is 7.74. The lowest BCUT2D eigenvalue weighted by Gasteiger charge is -2.06. The topological polar surface area (TPSA) is 60.0 Å². The van der Waals surface area contributed by atoms with Gasteiger partial charge in [0.1, 0.15) is 5.69 Å². The number of nitrogens with one attached hydrogen (secondary N) is 1. The zero-order valence-corrected chi connectivity index (χ0v) is 10.9. The number of hydrogen-bond donors (Lipinski definition) is 1. The first-order valence-electron chi connectivity index (χ1n) is 6.12. The van der Waals surface area contributed by atoms with Gasteiger partial charge in [-0.05, 0) is 12.1 Å². The van der Waals surface area contributed by atoms with Crippen LogP contribution in [0.2, 0.25) is 0 Å². The average Bonchev–Trinajstić information content (AvgIpc) is 2.86. The largest absolute Gasteiger partial charge is 0.371 e. The summed E-state index contributed by atoms with van der Waals surface area (Å²) in [5, 5.41) is 3.00. The van der Waals surface area contributed by atoms with Gasteiger partial charge in [-0.15, -0.1) is 0 Å². The fraction of sp³-hybridized carbons (Fsp3) is 0.143. The van der Waals surface area contributed by atoms with Crippen LogP contribution in [0.15, 0.2) is 36.7 Å². The summed E-state index contributed by atoms with van der Waals surface area (Å²) in [4.78, 5) is 16.6. The first-order chi connectivity index (χ1) is 9.85. The minimum atomic E-state index is 0.204. The van der Waals surface area contributed by atoms with E-state index in [0.717, 1.165) is 11.0 Å². The summed E-state index contributed by atoms with van der Waals surface area (Å²) in [6.45, 7) is 7.34. The molecule has 2 aromatic heterocycles. The van der Waals surface area contributed by atoms with Gasteiger partial charge in [-0.25, -0.2) is 21.5 Å². The quantitative estimate of drug-likeness (QED) is 0.738. The van der Waals surface area contributed by atoms with Crippen molar-refractivity contribution in [3.05, 3.63) is 48.1 Å². The smallest absolute Gasteiger partial charge is 0.294 e. The molecule has 0 unspecified atom stereocenters. The van der Waals surface area contributed by atoms with Gasteiger partial charge < -0.3 is 5.32 Å². The molecule has 2 heterocycles. The van der Waals surface area contributed by atoms with Crippen molar-refractivity contribution in [2.24, 2.45) is 0 Å². The Morgan fingerprint density at radius 1 is 1.25 bits per heavy atom. The van der Waals surface area contributed by atoms with Crippen molar-refractivity contribution < 1.29 is 0 Å². The van der Waals surface area contributed by atoms with E-state index >= 15 is 0 Å². The van der Waals surface area contributed by atoms with E-state index in [4.69, 9.17) is 6.57 Å². The Kier molecular flexibility index (Phi) is 3.01. The van der Waals surface area contributed by atoms with E-state index in [1.54, 1.807) is 19.4 Å². The third-order valence-corrected chi connectivity index (χ3v) is 3.01. The highest BCUT2D eigenvalue weighted by atomic mass is 15.2. The molecular formula is C14H12N6. The number of rotatable bonds is 3. The van der Waals surface area contributed by atoms with Crippen LogP contribution in [-0.2, 0) is 6.67 Å². The molecule has 6 heteroatoms. The van der Waals surface area contributed by atoms with Crippen LogP contribution >= 0.6 is 0 Å². The van der Waals surface area contributed by atoms with Gasteiger partial charge in [-0.1, -0.05) is 12.1 Å². The summed E-state index contributed by atoms with van der Waals surface area (Å²) in [5.41, 5.74) is 2.42. The Morgan fingerprint density at radius 3 is 2.85 bits per heavy atom. The Labute approximate surface area is 115 Å². The van der Waals surface area contributed by atoms with E-state index in [9.17, 15) is 0 Å². The first kappa shape index (κ1) is 12.1. The van der Waals surface area contributed by atoms with E-state index in [1.807, 2.05) is 28.8 Å². The number of fused-ring (bicyclic) bond motifs is 1. The second-order valence-corrected chi connectivity index (χ2v) is 4.16. The monoisotopic (exact) mass is 264 g/mol. The maximum atomic E-state index is 7.14. The molecule has 0 bridgehead atoms. The van der Waals surface area contributed by atoms with Crippen LogP contribution in [0.3, 0.4) is 0 Å². The summed E-state index contributed by atoms with van der Waals surface area (Å²) in [7, 11) is 1.79. The zero-order valence-electron chi connectivity index (χ0n) is 10.9. The fourth-order valence-corrected chi connectivity index (χ4v) is 2.15. The molecule has 1 aromatic carbocycles. The van der Waals surface area contributed by atoms with Crippen LogP contribution in [-0.4, -0.2) is 26.6 Å². The highest BCUT2D eigenvalue weighted by molar-refractivity contribution is 5.82. The molecule has 0 aliphatic carbocycles. The van der Waals surface area contributed by atoms with E-state index < -0.39 is 0 Å². The predicted molar refractivity (Wildman–Crippen MR) is 76.9 cm³/mol. The normalized spacial score (nSPS) is 10.4. The van der Waals surface area contributed by atoms with E-state index in [2.05, 4.69) is 25.1 Å². The number of imidazole rings is 1. The number of aromatic nitrogens is 4. The van der Waals surface area contributed by atoms with Crippen molar-refractivity contribution >= 4 is 16.9 Å². The molecule has 20 heavy (non-hydrogen) atoms. The Morgan fingerprint density at radius 2 is 2.05 bits per heavy atom. The molecule has 0 aliphatic rings. The molecule has 0 fully saturated rings. The van der Waals surface area contributed by atoms with Crippen LogP contribution < -0.4 is 5.32 Å². The van der Waals surface area contributed by atoms with E-state index in [-0.39, 0.29) is 6.67 Å². The molecule has 3 rings (SSSR count). The van der Waals surface area contributed by atoms with Crippen molar-refractivity contribution in [2.75, 3.05) is 12.4 Å². The van der Waals surface area contributed by atoms with Gasteiger partial charge in [-0.3, -0.25) is 9.41 Å². The maximum Gasteiger partial charge on any atom is 0.294 e. The number of para-hydroxylation sites is 2. The lowest BCUT2D eigenvalue weighted by molar-refractivity contribution is 0.850. The van der Waals surface area contributed by atoms with Crippen LogP contribution in [0.25, 0.3) is 27.4 Å². The molecule has 0 saturated heterocycles. The molecule has 0 atom stereocenters. The third kappa shape index (κ3) is 1.86. The van der Waals surface area contributed by atoms with Crippen molar-refractivity contribution in [3.63, 3.8) is 0 Å². The molecule has 1 N–H and O–H groups in total. The summed E-state index contributed by atoms with van der Waals surface area (Å²) >= 11 is 0. The maximum absolute atomic E-state index is 7.14. The van der Waals surface area contributed by atoms with Crippen LogP contribution in [0, 0.1) is 6.57 Å². The van der Waals surface area contributed by atoms with Crippen molar-refractivity contribution in [3.8, 4) is 11.5 Å². The molecule has 0 amide bonds. The molecule has 0 spiro atoms. The van der Waals surface area contributed by atoms with Gasteiger partial charge in [0.25, 0.3) is 6.67 Å². The van der Waals surface area contributed by atoms with E-state index in [1.165, 1.54) is 0 Å². The molecule has 0 radical (unpaired) electrons. The number of nitrogens with zero attached hydrogens (tertiary/aromatic N) is 5. The second kappa shape index (κ2) is 4.97. The van der Waals surface area contributed by atoms with Gasteiger partial charge >= 0.3 is 0 Å². The van der Waals surface area contributed by atoms with Gasteiger partial charge in [-0.2, -0.15) is 0 Å². The molecule has 0 aliphatic heterocycles. The van der Waals surface area contributed by atoms with Gasteiger partial charge in [0.05, 0.1) is 11.0 Å². The number of anilines is 1. The Hall–Kier alpha value is -2.94. The molecule has 98 valence electrons. The fourth-order valence-electron chi connectivity index (χ4n) is 2.15. The lowest BCUT2D eigenvalue weighted by atomic mass is 10.3.